The second kappa shape index (κ2) is 8.92. The number of amides is 2. The van der Waals surface area contributed by atoms with Crippen LogP contribution in [0.4, 0.5) is 5.69 Å². The second-order valence-electron chi connectivity index (χ2n) is 9.51. The average molecular weight is 470 g/mol. The van der Waals surface area contributed by atoms with E-state index in [2.05, 4.69) is 15.7 Å². The average Bonchev–Trinajstić information content (AvgIpc) is 3.27. The number of aromatic nitrogens is 2. The van der Waals surface area contributed by atoms with Gasteiger partial charge in [0.25, 0.3) is 11.8 Å². The van der Waals surface area contributed by atoms with Gasteiger partial charge in [-0.15, -0.1) is 0 Å². The van der Waals surface area contributed by atoms with Gasteiger partial charge in [0.2, 0.25) is 0 Å². The molecule has 2 unspecified atom stereocenters. The van der Waals surface area contributed by atoms with E-state index in [1.54, 1.807) is 30.1 Å². The van der Waals surface area contributed by atoms with Gasteiger partial charge in [0.1, 0.15) is 25.1 Å². The van der Waals surface area contributed by atoms with E-state index in [1.807, 2.05) is 6.92 Å². The number of rotatable bonds is 5. The van der Waals surface area contributed by atoms with Crippen molar-refractivity contribution in [2.75, 3.05) is 25.6 Å². The SMILES string of the molecule is CN1C(=O)c2cc(C(=O)Nc3ccc4c(c3)OCCO4)nn2CC1(C)C(O)NC1CCCCC1. The lowest BCUT2D eigenvalue weighted by atomic mass is 9.91. The summed E-state index contributed by atoms with van der Waals surface area (Å²) in [6, 6.07) is 6.89. The zero-order valence-electron chi connectivity index (χ0n) is 19.5. The Labute approximate surface area is 198 Å². The number of nitrogens with one attached hydrogen (secondary N) is 2. The van der Waals surface area contributed by atoms with Crippen molar-refractivity contribution in [3.8, 4) is 11.5 Å². The largest absolute Gasteiger partial charge is 0.486 e. The number of likely N-dealkylation sites (N-methyl/N-ethyl adjacent to an activating group) is 1. The van der Waals surface area contributed by atoms with Crippen LogP contribution in [-0.2, 0) is 6.54 Å². The summed E-state index contributed by atoms with van der Waals surface area (Å²) < 4.78 is 12.6. The van der Waals surface area contributed by atoms with Crippen molar-refractivity contribution < 1.29 is 24.2 Å². The number of carbonyl (C=O) groups excluding carboxylic acids is 2. The standard InChI is InChI=1S/C24H31N5O5/c1-24(23(32)26-15-6-4-3-5-7-15)14-29-18(22(31)28(24)2)13-17(27-29)21(30)25-16-8-9-19-20(12-16)34-11-10-33-19/h8-9,12-13,15,23,26,32H,3-7,10-11,14H2,1-2H3,(H,25,30). The number of hydrogen-bond acceptors (Lipinski definition) is 7. The Morgan fingerprint density at radius 1 is 1.18 bits per heavy atom. The number of benzene rings is 1. The zero-order valence-corrected chi connectivity index (χ0v) is 19.5. The molecule has 10 heteroatoms. The number of carbonyl (C=O) groups is 2. The predicted octanol–water partition coefficient (Wildman–Crippen LogP) is 1.99. The first-order valence-corrected chi connectivity index (χ1v) is 11.9. The van der Waals surface area contributed by atoms with E-state index in [-0.39, 0.29) is 24.2 Å². The van der Waals surface area contributed by atoms with Crippen LogP contribution in [0.15, 0.2) is 24.3 Å². The molecule has 2 amide bonds. The predicted molar refractivity (Wildman–Crippen MR) is 124 cm³/mol. The van der Waals surface area contributed by atoms with Gasteiger partial charge in [0, 0.05) is 30.9 Å². The van der Waals surface area contributed by atoms with Gasteiger partial charge in [-0.3, -0.25) is 19.6 Å². The molecule has 0 spiro atoms. The Kier molecular flexibility index (Phi) is 5.95. The number of nitrogens with zero attached hydrogens (tertiary/aromatic N) is 3. The first-order valence-electron chi connectivity index (χ1n) is 11.9. The molecule has 1 fully saturated rings. The number of anilines is 1. The van der Waals surface area contributed by atoms with Crippen molar-refractivity contribution in [2.45, 2.75) is 63.4 Å². The minimum Gasteiger partial charge on any atom is -0.486 e. The highest BCUT2D eigenvalue weighted by Crippen LogP contribution is 2.33. The van der Waals surface area contributed by atoms with Gasteiger partial charge < -0.3 is 24.8 Å². The lowest BCUT2D eigenvalue weighted by Gasteiger charge is -2.46. The highest BCUT2D eigenvalue weighted by atomic mass is 16.6. The minimum absolute atomic E-state index is 0.130. The van der Waals surface area contributed by atoms with Gasteiger partial charge in [-0.1, -0.05) is 19.3 Å². The fourth-order valence-electron chi connectivity index (χ4n) is 4.89. The van der Waals surface area contributed by atoms with E-state index in [9.17, 15) is 14.7 Å². The smallest absolute Gasteiger partial charge is 0.276 e. The quantitative estimate of drug-likeness (QED) is 0.573. The summed E-state index contributed by atoms with van der Waals surface area (Å²) in [4.78, 5) is 27.6. The molecule has 1 aliphatic carbocycles. The highest BCUT2D eigenvalue weighted by Gasteiger charge is 2.46. The summed E-state index contributed by atoms with van der Waals surface area (Å²) in [5.74, 6) is 0.482. The van der Waals surface area contributed by atoms with Crippen LogP contribution in [0.1, 0.15) is 60.0 Å². The van der Waals surface area contributed by atoms with Crippen LogP contribution in [0.2, 0.25) is 0 Å². The summed E-state index contributed by atoms with van der Waals surface area (Å²) >= 11 is 0. The minimum atomic E-state index is -0.920. The Morgan fingerprint density at radius 3 is 2.68 bits per heavy atom. The third-order valence-electron chi connectivity index (χ3n) is 7.16. The first-order chi connectivity index (χ1) is 16.3. The maximum atomic E-state index is 13.1. The molecule has 0 bridgehead atoms. The van der Waals surface area contributed by atoms with E-state index in [0.717, 1.165) is 25.7 Å². The van der Waals surface area contributed by atoms with Crippen molar-refractivity contribution in [1.29, 1.82) is 0 Å². The summed E-state index contributed by atoms with van der Waals surface area (Å²) in [5.41, 5.74) is 0.0836. The fraction of sp³-hybridized carbons (Fsp3) is 0.542. The number of aliphatic hydroxyl groups excluding tert-OH is 1. The summed E-state index contributed by atoms with van der Waals surface area (Å²) in [5, 5.41) is 21.6. The van der Waals surface area contributed by atoms with Crippen molar-refractivity contribution in [2.24, 2.45) is 0 Å². The molecule has 2 aromatic rings. The van der Waals surface area contributed by atoms with E-state index in [1.165, 1.54) is 17.2 Å². The van der Waals surface area contributed by atoms with Gasteiger partial charge in [-0.05, 0) is 31.9 Å². The molecule has 5 rings (SSSR count). The van der Waals surface area contributed by atoms with Crippen LogP contribution >= 0.6 is 0 Å². The Balaban J connectivity index is 1.32. The maximum absolute atomic E-state index is 13.1. The molecule has 2 aliphatic heterocycles. The Hall–Kier alpha value is -3.11. The molecule has 10 nitrogen and oxygen atoms in total. The first kappa shape index (κ1) is 22.7. The topological polar surface area (TPSA) is 118 Å². The molecule has 1 aromatic carbocycles. The van der Waals surface area contributed by atoms with Gasteiger partial charge in [-0.2, -0.15) is 5.10 Å². The highest BCUT2D eigenvalue weighted by molar-refractivity contribution is 6.05. The lowest BCUT2D eigenvalue weighted by Crippen LogP contribution is -2.66. The van der Waals surface area contributed by atoms with Crippen LogP contribution in [0.5, 0.6) is 11.5 Å². The third-order valence-corrected chi connectivity index (χ3v) is 7.16. The van der Waals surface area contributed by atoms with Crippen molar-refractivity contribution >= 4 is 17.5 Å². The molecular formula is C24H31N5O5. The van der Waals surface area contributed by atoms with Gasteiger partial charge in [0.15, 0.2) is 17.2 Å². The van der Waals surface area contributed by atoms with Crippen LogP contribution in [0.3, 0.4) is 0 Å². The lowest BCUT2D eigenvalue weighted by molar-refractivity contribution is -0.0449. The summed E-state index contributed by atoms with van der Waals surface area (Å²) in [6.07, 6.45) is 4.61. The van der Waals surface area contributed by atoms with Crippen LogP contribution in [0.25, 0.3) is 0 Å². The van der Waals surface area contributed by atoms with E-state index in [4.69, 9.17) is 9.47 Å². The molecule has 1 saturated carbocycles. The van der Waals surface area contributed by atoms with Gasteiger partial charge in [0.05, 0.1) is 12.1 Å². The summed E-state index contributed by atoms with van der Waals surface area (Å²) in [7, 11) is 1.68. The van der Waals surface area contributed by atoms with Gasteiger partial charge in [-0.25, -0.2) is 0 Å². The van der Waals surface area contributed by atoms with Crippen LogP contribution in [-0.4, -0.2) is 69.7 Å². The molecule has 3 N–H and O–H groups in total. The van der Waals surface area contributed by atoms with Crippen LogP contribution in [0, 0.1) is 0 Å². The molecule has 182 valence electrons. The number of fused-ring (bicyclic) bond motifs is 2. The Bertz CT molecular complexity index is 1100. The van der Waals surface area contributed by atoms with E-state index >= 15 is 0 Å². The number of ether oxygens (including phenoxy) is 2. The van der Waals surface area contributed by atoms with Crippen LogP contribution < -0.4 is 20.1 Å². The fourth-order valence-corrected chi connectivity index (χ4v) is 4.89. The van der Waals surface area contributed by atoms with Crippen molar-refractivity contribution in [3.05, 3.63) is 35.7 Å². The normalized spacial score (nSPS) is 23.4. The molecule has 0 saturated heterocycles. The Morgan fingerprint density at radius 2 is 1.91 bits per heavy atom. The molecule has 1 aromatic heterocycles. The maximum Gasteiger partial charge on any atom is 0.276 e. The second-order valence-corrected chi connectivity index (χ2v) is 9.51. The molecule has 0 radical (unpaired) electrons. The van der Waals surface area contributed by atoms with Crippen molar-refractivity contribution in [1.82, 2.24) is 20.0 Å². The number of hydrogen-bond donors (Lipinski definition) is 3. The zero-order chi connectivity index (χ0) is 23.9. The molecular weight excluding hydrogens is 438 g/mol. The monoisotopic (exact) mass is 469 g/mol. The molecule has 2 atom stereocenters. The molecule has 3 aliphatic rings. The number of aliphatic hydroxyl groups is 1. The summed E-state index contributed by atoms with van der Waals surface area (Å²) in [6.45, 7) is 3.05. The van der Waals surface area contributed by atoms with E-state index in [0.29, 0.717) is 36.1 Å². The molecule has 34 heavy (non-hydrogen) atoms. The van der Waals surface area contributed by atoms with Gasteiger partial charge >= 0.3 is 0 Å². The van der Waals surface area contributed by atoms with E-state index < -0.39 is 17.7 Å². The third kappa shape index (κ3) is 4.12. The van der Waals surface area contributed by atoms with Crippen molar-refractivity contribution in [3.63, 3.8) is 0 Å². The molecule has 3 heterocycles.